The first-order valence-corrected chi connectivity index (χ1v) is 8.17. The Morgan fingerprint density at radius 2 is 1.82 bits per heavy atom. The van der Waals surface area contributed by atoms with Gasteiger partial charge in [0.15, 0.2) is 0 Å². The predicted molar refractivity (Wildman–Crippen MR) is 71.2 cm³/mol. The second-order valence-corrected chi connectivity index (χ2v) is 7.83. The minimum atomic E-state index is -3.13. The Morgan fingerprint density at radius 1 is 1.24 bits per heavy atom. The van der Waals surface area contributed by atoms with E-state index in [9.17, 15) is 8.42 Å². The summed E-state index contributed by atoms with van der Waals surface area (Å²) >= 11 is 0. The molecule has 102 valence electrons. The van der Waals surface area contributed by atoms with Gasteiger partial charge in [-0.2, -0.15) is 0 Å². The van der Waals surface area contributed by atoms with Crippen molar-refractivity contribution in [3.05, 3.63) is 0 Å². The lowest BCUT2D eigenvalue weighted by Gasteiger charge is -2.25. The van der Waals surface area contributed by atoms with Gasteiger partial charge in [-0.25, -0.2) is 13.1 Å². The van der Waals surface area contributed by atoms with Gasteiger partial charge in [0.1, 0.15) is 0 Å². The van der Waals surface area contributed by atoms with E-state index >= 15 is 0 Å². The van der Waals surface area contributed by atoms with Gasteiger partial charge in [0.05, 0.1) is 5.75 Å². The number of hydrogen-bond donors (Lipinski definition) is 2. The number of nitrogens with two attached hydrogens (primary N) is 1. The van der Waals surface area contributed by atoms with E-state index in [4.69, 9.17) is 5.73 Å². The van der Waals surface area contributed by atoms with Crippen LogP contribution in [0.4, 0.5) is 0 Å². The minimum Gasteiger partial charge on any atom is -0.330 e. The predicted octanol–water partition coefficient (Wildman–Crippen LogP) is 1.47. The van der Waals surface area contributed by atoms with Gasteiger partial charge >= 0.3 is 0 Å². The molecule has 1 aliphatic carbocycles. The summed E-state index contributed by atoms with van der Waals surface area (Å²) in [7, 11) is -3.13. The van der Waals surface area contributed by atoms with Crippen molar-refractivity contribution in [2.45, 2.75) is 46.0 Å². The van der Waals surface area contributed by atoms with E-state index < -0.39 is 10.0 Å². The van der Waals surface area contributed by atoms with Crippen LogP contribution in [0.5, 0.6) is 0 Å². The van der Waals surface area contributed by atoms with E-state index in [0.29, 0.717) is 19.0 Å². The zero-order valence-electron chi connectivity index (χ0n) is 11.0. The minimum absolute atomic E-state index is 0.167. The molecule has 0 unspecified atom stereocenters. The average Bonchev–Trinajstić information content (AvgIpc) is 2.28. The van der Waals surface area contributed by atoms with Gasteiger partial charge in [-0.05, 0) is 30.7 Å². The molecule has 0 bridgehead atoms. The normalized spacial score (nSPS) is 19.5. The fourth-order valence-electron chi connectivity index (χ4n) is 2.10. The highest BCUT2D eigenvalue weighted by atomic mass is 32.2. The third-order valence-electron chi connectivity index (χ3n) is 3.50. The molecule has 1 aliphatic rings. The molecule has 0 radical (unpaired) electrons. The highest BCUT2D eigenvalue weighted by Crippen LogP contribution is 2.24. The van der Waals surface area contributed by atoms with Gasteiger partial charge in [0.2, 0.25) is 10.0 Å². The molecule has 0 spiro atoms. The van der Waals surface area contributed by atoms with Crippen molar-refractivity contribution in [2.24, 2.45) is 17.1 Å². The number of hydrogen-bond acceptors (Lipinski definition) is 3. The van der Waals surface area contributed by atoms with E-state index in [0.717, 1.165) is 12.8 Å². The number of rotatable bonds is 6. The van der Waals surface area contributed by atoms with Crippen molar-refractivity contribution in [3.63, 3.8) is 0 Å². The summed E-state index contributed by atoms with van der Waals surface area (Å²) in [6.07, 6.45) is 5.72. The van der Waals surface area contributed by atoms with Crippen LogP contribution in [-0.2, 0) is 10.0 Å². The van der Waals surface area contributed by atoms with Crippen molar-refractivity contribution in [1.29, 1.82) is 0 Å². The SMILES string of the molecule is CC(C)(CN)CNS(=O)(=O)CC1CCCCC1. The van der Waals surface area contributed by atoms with Gasteiger partial charge in [-0.3, -0.25) is 0 Å². The molecule has 1 fully saturated rings. The molecule has 0 aromatic heterocycles. The van der Waals surface area contributed by atoms with Crippen LogP contribution in [0.2, 0.25) is 0 Å². The van der Waals surface area contributed by atoms with Gasteiger partial charge in [0.25, 0.3) is 0 Å². The number of nitrogens with one attached hydrogen (secondary N) is 1. The van der Waals surface area contributed by atoms with E-state index in [-0.39, 0.29) is 11.2 Å². The van der Waals surface area contributed by atoms with E-state index in [1.807, 2.05) is 13.8 Å². The Labute approximate surface area is 105 Å². The summed E-state index contributed by atoms with van der Waals surface area (Å²) in [5.74, 6) is 0.635. The molecular weight excluding hydrogens is 236 g/mol. The van der Waals surface area contributed by atoms with Crippen LogP contribution in [-0.4, -0.2) is 27.3 Å². The molecule has 5 heteroatoms. The molecule has 0 heterocycles. The van der Waals surface area contributed by atoms with Crippen molar-refractivity contribution in [1.82, 2.24) is 4.72 Å². The van der Waals surface area contributed by atoms with Crippen molar-refractivity contribution < 1.29 is 8.42 Å². The second kappa shape index (κ2) is 6.16. The zero-order chi connectivity index (χ0) is 12.9. The standard InChI is InChI=1S/C12H26N2O2S/c1-12(2,9-13)10-14-17(15,16)8-11-6-4-3-5-7-11/h11,14H,3-10,13H2,1-2H3. The van der Waals surface area contributed by atoms with Crippen molar-refractivity contribution >= 4 is 10.0 Å². The fraction of sp³-hybridized carbons (Fsp3) is 1.00. The lowest BCUT2D eigenvalue weighted by atomic mass is 9.91. The quantitative estimate of drug-likeness (QED) is 0.761. The summed E-state index contributed by atoms with van der Waals surface area (Å²) < 4.78 is 26.5. The molecule has 0 aromatic rings. The average molecular weight is 262 g/mol. The van der Waals surface area contributed by atoms with E-state index in [1.54, 1.807) is 0 Å². The van der Waals surface area contributed by atoms with Gasteiger partial charge in [-0.15, -0.1) is 0 Å². The van der Waals surface area contributed by atoms with Crippen LogP contribution in [0.1, 0.15) is 46.0 Å². The van der Waals surface area contributed by atoms with Crippen LogP contribution in [0, 0.1) is 11.3 Å². The Hall–Kier alpha value is -0.130. The first-order valence-electron chi connectivity index (χ1n) is 6.52. The lowest BCUT2D eigenvalue weighted by molar-refractivity contribution is 0.367. The maximum absolute atomic E-state index is 11.9. The highest BCUT2D eigenvalue weighted by Gasteiger charge is 2.23. The van der Waals surface area contributed by atoms with Crippen molar-refractivity contribution in [2.75, 3.05) is 18.8 Å². The van der Waals surface area contributed by atoms with Gasteiger partial charge in [0, 0.05) is 6.54 Å². The van der Waals surface area contributed by atoms with Crippen LogP contribution in [0.25, 0.3) is 0 Å². The van der Waals surface area contributed by atoms with Crippen LogP contribution in [0.15, 0.2) is 0 Å². The lowest BCUT2D eigenvalue weighted by Crippen LogP contribution is -2.40. The third-order valence-corrected chi connectivity index (χ3v) is 5.00. The molecule has 0 amide bonds. The van der Waals surface area contributed by atoms with Gasteiger partial charge < -0.3 is 5.73 Å². The fourth-order valence-corrected chi connectivity index (χ4v) is 3.78. The summed E-state index contributed by atoms with van der Waals surface area (Å²) in [5.41, 5.74) is 5.42. The van der Waals surface area contributed by atoms with Crippen LogP contribution < -0.4 is 10.5 Å². The zero-order valence-corrected chi connectivity index (χ0v) is 11.9. The van der Waals surface area contributed by atoms with E-state index in [2.05, 4.69) is 4.72 Å². The summed E-state index contributed by atoms with van der Waals surface area (Å²) in [5, 5.41) is 0. The molecule has 1 rings (SSSR count). The smallest absolute Gasteiger partial charge is 0.211 e. The molecule has 0 aliphatic heterocycles. The van der Waals surface area contributed by atoms with E-state index in [1.165, 1.54) is 19.3 Å². The first kappa shape index (κ1) is 14.9. The largest absolute Gasteiger partial charge is 0.330 e. The number of sulfonamides is 1. The molecule has 4 nitrogen and oxygen atoms in total. The summed E-state index contributed by atoms with van der Waals surface area (Å²) in [6.45, 7) is 4.85. The molecule has 3 N–H and O–H groups in total. The molecule has 0 atom stereocenters. The maximum Gasteiger partial charge on any atom is 0.211 e. The molecule has 0 aromatic carbocycles. The monoisotopic (exact) mass is 262 g/mol. The summed E-state index contributed by atoms with van der Waals surface area (Å²) in [6, 6.07) is 0. The topological polar surface area (TPSA) is 72.2 Å². The molecule has 1 saturated carbocycles. The highest BCUT2D eigenvalue weighted by molar-refractivity contribution is 7.89. The Kier molecular flexibility index (Phi) is 5.41. The first-order chi connectivity index (χ1) is 7.85. The summed E-state index contributed by atoms with van der Waals surface area (Å²) in [4.78, 5) is 0. The molecular formula is C12H26N2O2S. The Bertz CT molecular complexity index is 319. The second-order valence-electron chi connectivity index (χ2n) is 5.97. The maximum atomic E-state index is 11.9. The van der Waals surface area contributed by atoms with Crippen molar-refractivity contribution in [3.8, 4) is 0 Å². The Morgan fingerprint density at radius 3 is 2.35 bits per heavy atom. The van der Waals surface area contributed by atoms with Crippen LogP contribution in [0.3, 0.4) is 0 Å². The Balaban J connectivity index is 2.40. The third kappa shape index (κ3) is 5.84. The van der Waals surface area contributed by atoms with Gasteiger partial charge in [-0.1, -0.05) is 33.1 Å². The van der Waals surface area contributed by atoms with Crippen LogP contribution >= 0.6 is 0 Å². The molecule has 17 heavy (non-hydrogen) atoms. The molecule has 0 saturated heterocycles.